The number of carbonyl (C=O) groups is 2. The average Bonchev–Trinajstić information content (AvgIpc) is 2.43. The van der Waals surface area contributed by atoms with E-state index in [1.807, 2.05) is 0 Å². The van der Waals surface area contributed by atoms with Crippen molar-refractivity contribution in [1.82, 2.24) is 0 Å². The summed E-state index contributed by atoms with van der Waals surface area (Å²) in [7, 11) is 0. The third-order valence-electron chi connectivity index (χ3n) is 2.76. The number of phenols is 1. The normalized spacial score (nSPS) is 10.1. The molecule has 0 saturated heterocycles. The highest BCUT2D eigenvalue weighted by atomic mass is 35.5. The van der Waals surface area contributed by atoms with Crippen LogP contribution in [0.3, 0.4) is 0 Å². The molecular weight excluding hydrogens is 294 g/mol. The van der Waals surface area contributed by atoms with Crippen molar-refractivity contribution in [3.63, 3.8) is 0 Å². The Morgan fingerprint density at radius 2 is 1.76 bits per heavy atom. The van der Waals surface area contributed by atoms with Gasteiger partial charge in [-0.15, -0.1) is 0 Å². The van der Waals surface area contributed by atoms with Gasteiger partial charge < -0.3 is 15.5 Å². The number of carboxylic acid groups (broad SMARTS) is 1. The number of aliphatic carboxylic acids is 1. The zero-order valence-electron chi connectivity index (χ0n) is 10.8. The van der Waals surface area contributed by atoms with E-state index in [-0.39, 0.29) is 22.8 Å². The zero-order valence-corrected chi connectivity index (χ0v) is 11.6. The Kier molecular flexibility index (Phi) is 4.45. The van der Waals surface area contributed by atoms with Gasteiger partial charge in [0.15, 0.2) is 0 Å². The fourth-order valence-electron chi connectivity index (χ4n) is 1.77. The first-order chi connectivity index (χ1) is 9.95. The molecule has 0 heterocycles. The Bertz CT molecular complexity index is 683. The summed E-state index contributed by atoms with van der Waals surface area (Å²) in [5.41, 5.74) is 1.30. The van der Waals surface area contributed by atoms with Crippen LogP contribution in [0.4, 0.5) is 5.69 Å². The summed E-state index contributed by atoms with van der Waals surface area (Å²) in [4.78, 5) is 22.6. The molecule has 0 atom stereocenters. The molecule has 0 aliphatic carbocycles. The Morgan fingerprint density at radius 1 is 1.10 bits per heavy atom. The number of carboxylic acids is 1. The number of amides is 1. The fourth-order valence-corrected chi connectivity index (χ4v) is 1.97. The highest BCUT2D eigenvalue weighted by Gasteiger charge is 2.11. The summed E-state index contributed by atoms with van der Waals surface area (Å²) < 4.78 is 0. The number of rotatable bonds is 4. The molecule has 108 valence electrons. The molecule has 0 spiro atoms. The van der Waals surface area contributed by atoms with E-state index in [0.717, 1.165) is 0 Å². The number of nitrogens with one attached hydrogen (secondary N) is 1. The standard InChI is InChI=1S/C15H12ClNO4/c16-13-6-5-11(18)8-12(13)15(21)17-10-3-1-9(2-4-10)7-14(19)20/h1-6,8,18H,7H2,(H,17,21)(H,19,20). The maximum Gasteiger partial charge on any atom is 0.307 e. The van der Waals surface area contributed by atoms with E-state index in [2.05, 4.69) is 5.32 Å². The topological polar surface area (TPSA) is 86.6 Å². The van der Waals surface area contributed by atoms with Gasteiger partial charge in [-0.05, 0) is 35.9 Å². The van der Waals surface area contributed by atoms with E-state index in [4.69, 9.17) is 16.7 Å². The van der Waals surface area contributed by atoms with Crippen molar-refractivity contribution in [3.05, 3.63) is 58.6 Å². The largest absolute Gasteiger partial charge is 0.508 e. The molecule has 0 unspecified atom stereocenters. The smallest absolute Gasteiger partial charge is 0.307 e. The van der Waals surface area contributed by atoms with Crippen molar-refractivity contribution >= 4 is 29.2 Å². The van der Waals surface area contributed by atoms with E-state index in [9.17, 15) is 14.7 Å². The van der Waals surface area contributed by atoms with E-state index in [1.165, 1.54) is 18.2 Å². The first-order valence-corrected chi connectivity index (χ1v) is 6.44. The van der Waals surface area contributed by atoms with Gasteiger partial charge >= 0.3 is 5.97 Å². The number of halogens is 1. The molecular formula is C15H12ClNO4. The number of anilines is 1. The second-order valence-electron chi connectivity index (χ2n) is 4.39. The number of aromatic hydroxyl groups is 1. The first kappa shape index (κ1) is 14.9. The minimum atomic E-state index is -0.918. The second kappa shape index (κ2) is 6.28. The molecule has 6 heteroatoms. The van der Waals surface area contributed by atoms with Crippen LogP contribution < -0.4 is 5.32 Å². The quantitative estimate of drug-likeness (QED) is 0.810. The summed E-state index contributed by atoms with van der Waals surface area (Å²) in [5, 5.41) is 20.9. The Morgan fingerprint density at radius 3 is 2.38 bits per heavy atom. The van der Waals surface area contributed by atoms with Gasteiger partial charge in [-0.3, -0.25) is 9.59 Å². The van der Waals surface area contributed by atoms with Gasteiger partial charge in [0.25, 0.3) is 5.91 Å². The van der Waals surface area contributed by atoms with Crippen LogP contribution in [0, 0.1) is 0 Å². The summed E-state index contributed by atoms with van der Waals surface area (Å²) in [5.74, 6) is -1.43. The molecule has 0 fully saturated rings. The van der Waals surface area contributed by atoms with Crippen LogP contribution in [0.1, 0.15) is 15.9 Å². The molecule has 21 heavy (non-hydrogen) atoms. The number of hydrogen-bond acceptors (Lipinski definition) is 3. The summed E-state index contributed by atoms with van der Waals surface area (Å²) in [6.45, 7) is 0. The van der Waals surface area contributed by atoms with Crippen LogP contribution in [0.25, 0.3) is 0 Å². The van der Waals surface area contributed by atoms with Crippen molar-refractivity contribution in [2.45, 2.75) is 6.42 Å². The highest BCUT2D eigenvalue weighted by molar-refractivity contribution is 6.34. The lowest BCUT2D eigenvalue weighted by molar-refractivity contribution is -0.136. The van der Waals surface area contributed by atoms with E-state index in [1.54, 1.807) is 24.3 Å². The van der Waals surface area contributed by atoms with Gasteiger partial charge in [0.2, 0.25) is 0 Å². The molecule has 0 aliphatic heterocycles. The maximum absolute atomic E-state index is 12.0. The minimum Gasteiger partial charge on any atom is -0.508 e. The van der Waals surface area contributed by atoms with Crippen molar-refractivity contribution in [3.8, 4) is 5.75 Å². The summed E-state index contributed by atoms with van der Waals surface area (Å²) >= 11 is 5.90. The molecule has 0 aliphatic rings. The number of carbonyl (C=O) groups excluding carboxylic acids is 1. The zero-order chi connectivity index (χ0) is 15.4. The Labute approximate surface area is 125 Å². The van der Waals surface area contributed by atoms with Crippen molar-refractivity contribution in [2.75, 3.05) is 5.32 Å². The van der Waals surface area contributed by atoms with E-state index >= 15 is 0 Å². The second-order valence-corrected chi connectivity index (χ2v) is 4.79. The predicted octanol–water partition coefficient (Wildman–Crippen LogP) is 2.93. The molecule has 3 N–H and O–H groups in total. The van der Waals surface area contributed by atoms with Gasteiger partial charge in [-0.2, -0.15) is 0 Å². The first-order valence-electron chi connectivity index (χ1n) is 6.06. The number of phenolic OH excluding ortho intramolecular Hbond substituents is 1. The fraction of sp³-hybridized carbons (Fsp3) is 0.0667. The average molecular weight is 306 g/mol. The molecule has 0 saturated carbocycles. The molecule has 0 radical (unpaired) electrons. The van der Waals surface area contributed by atoms with Gasteiger partial charge in [-0.25, -0.2) is 0 Å². The van der Waals surface area contributed by atoms with Crippen molar-refractivity contribution in [2.24, 2.45) is 0 Å². The Balaban J connectivity index is 2.12. The van der Waals surface area contributed by atoms with E-state index in [0.29, 0.717) is 11.3 Å². The molecule has 0 bridgehead atoms. The number of hydrogen-bond donors (Lipinski definition) is 3. The SMILES string of the molecule is O=C(O)Cc1ccc(NC(=O)c2cc(O)ccc2Cl)cc1. The molecule has 5 nitrogen and oxygen atoms in total. The summed E-state index contributed by atoms with van der Waals surface area (Å²) in [6.07, 6.45) is -0.0768. The predicted molar refractivity (Wildman–Crippen MR) is 78.9 cm³/mol. The Hall–Kier alpha value is -2.53. The minimum absolute atomic E-state index is 0.0543. The van der Waals surface area contributed by atoms with Crippen LogP contribution in [-0.2, 0) is 11.2 Å². The molecule has 2 aromatic rings. The van der Waals surface area contributed by atoms with Gasteiger partial charge in [-0.1, -0.05) is 23.7 Å². The summed E-state index contributed by atoms with van der Waals surface area (Å²) in [6, 6.07) is 10.5. The monoisotopic (exact) mass is 305 g/mol. The van der Waals surface area contributed by atoms with Gasteiger partial charge in [0.05, 0.1) is 17.0 Å². The van der Waals surface area contributed by atoms with Crippen LogP contribution in [0.15, 0.2) is 42.5 Å². The highest BCUT2D eigenvalue weighted by Crippen LogP contribution is 2.22. The lowest BCUT2D eigenvalue weighted by Gasteiger charge is -2.08. The van der Waals surface area contributed by atoms with Gasteiger partial charge in [0.1, 0.15) is 5.75 Å². The lowest BCUT2D eigenvalue weighted by Crippen LogP contribution is -2.12. The number of benzene rings is 2. The van der Waals surface area contributed by atoms with Gasteiger partial charge in [0, 0.05) is 5.69 Å². The van der Waals surface area contributed by atoms with Crippen LogP contribution in [-0.4, -0.2) is 22.1 Å². The van der Waals surface area contributed by atoms with E-state index < -0.39 is 11.9 Å². The maximum atomic E-state index is 12.0. The van der Waals surface area contributed by atoms with Crippen molar-refractivity contribution < 1.29 is 19.8 Å². The van der Waals surface area contributed by atoms with Crippen LogP contribution >= 0.6 is 11.6 Å². The van der Waals surface area contributed by atoms with Crippen molar-refractivity contribution in [1.29, 1.82) is 0 Å². The third-order valence-corrected chi connectivity index (χ3v) is 3.09. The molecule has 0 aromatic heterocycles. The lowest BCUT2D eigenvalue weighted by atomic mass is 10.1. The molecule has 2 aromatic carbocycles. The third kappa shape index (κ3) is 3.97. The molecule has 2 rings (SSSR count). The van der Waals surface area contributed by atoms with Crippen LogP contribution in [0.2, 0.25) is 5.02 Å². The van der Waals surface area contributed by atoms with Crippen LogP contribution in [0.5, 0.6) is 5.75 Å². The molecule has 1 amide bonds.